The molecule has 0 saturated carbocycles. The molecule has 0 bridgehead atoms. The molecule has 0 aliphatic rings. The number of rotatable bonds is 2. The van der Waals surface area contributed by atoms with Crippen LogP contribution in [0.15, 0.2) is 51.6 Å². The lowest BCUT2D eigenvalue weighted by Gasteiger charge is -2.06. The predicted octanol–water partition coefficient (Wildman–Crippen LogP) is 3.81. The molecule has 3 aromatic rings. The number of aliphatic hydroxyl groups is 1. The average molecular weight is 322 g/mol. The molecular formula is C14H9BrFNO2. The predicted molar refractivity (Wildman–Crippen MR) is 72.2 cm³/mol. The summed E-state index contributed by atoms with van der Waals surface area (Å²) in [5, 5.41) is 11.1. The van der Waals surface area contributed by atoms with Crippen LogP contribution in [-0.4, -0.2) is 10.1 Å². The van der Waals surface area contributed by atoms with Crippen molar-refractivity contribution in [2.45, 2.75) is 6.10 Å². The third kappa shape index (κ3) is 2.27. The van der Waals surface area contributed by atoms with Crippen LogP contribution in [0.25, 0.3) is 11.0 Å². The zero-order chi connectivity index (χ0) is 13.4. The Morgan fingerprint density at radius 2 is 2.11 bits per heavy atom. The Balaban J connectivity index is 2.06. The standard InChI is InChI=1S/C14H9BrFNO2/c15-11-3-1-2-8-5-12(19-14(8)11)13(18)9-4-10(16)7-17-6-9/h1-7,13,18H. The number of halogens is 2. The lowest BCUT2D eigenvalue weighted by Crippen LogP contribution is -1.99. The van der Waals surface area contributed by atoms with E-state index in [4.69, 9.17) is 4.42 Å². The fourth-order valence-corrected chi connectivity index (χ4v) is 2.39. The number of benzene rings is 1. The van der Waals surface area contributed by atoms with Crippen LogP contribution in [0.1, 0.15) is 17.4 Å². The summed E-state index contributed by atoms with van der Waals surface area (Å²) in [6, 6.07) is 8.58. The fourth-order valence-electron chi connectivity index (χ4n) is 1.92. The smallest absolute Gasteiger partial charge is 0.148 e. The van der Waals surface area contributed by atoms with Gasteiger partial charge in [0, 0.05) is 17.1 Å². The van der Waals surface area contributed by atoms with Crippen molar-refractivity contribution in [2.24, 2.45) is 0 Å². The second kappa shape index (κ2) is 4.75. The lowest BCUT2D eigenvalue weighted by atomic mass is 10.1. The first-order valence-electron chi connectivity index (χ1n) is 5.61. The van der Waals surface area contributed by atoms with Gasteiger partial charge in [-0.25, -0.2) is 4.39 Å². The van der Waals surface area contributed by atoms with E-state index in [1.165, 1.54) is 12.3 Å². The van der Waals surface area contributed by atoms with E-state index in [-0.39, 0.29) is 0 Å². The molecule has 1 aromatic carbocycles. The van der Waals surface area contributed by atoms with Crippen molar-refractivity contribution >= 4 is 26.9 Å². The molecule has 5 heteroatoms. The Hall–Kier alpha value is -1.72. The van der Waals surface area contributed by atoms with Gasteiger partial charge in [0.15, 0.2) is 0 Å². The fraction of sp³-hybridized carbons (Fsp3) is 0.0714. The highest BCUT2D eigenvalue weighted by Gasteiger charge is 2.17. The molecule has 2 heterocycles. The van der Waals surface area contributed by atoms with Gasteiger partial charge in [-0.1, -0.05) is 12.1 Å². The van der Waals surface area contributed by atoms with Crippen molar-refractivity contribution in [3.63, 3.8) is 0 Å². The highest BCUT2D eigenvalue weighted by atomic mass is 79.9. The summed E-state index contributed by atoms with van der Waals surface area (Å²) >= 11 is 3.38. The molecule has 1 N–H and O–H groups in total. The molecule has 3 rings (SSSR count). The molecule has 0 radical (unpaired) electrons. The number of nitrogens with zero attached hydrogens (tertiary/aromatic N) is 1. The zero-order valence-corrected chi connectivity index (χ0v) is 11.3. The Morgan fingerprint density at radius 1 is 1.26 bits per heavy atom. The van der Waals surface area contributed by atoms with E-state index in [0.717, 1.165) is 16.1 Å². The first-order valence-corrected chi connectivity index (χ1v) is 6.41. The first-order chi connectivity index (χ1) is 9.15. The second-order valence-corrected chi connectivity index (χ2v) is 5.00. The van der Waals surface area contributed by atoms with Crippen molar-refractivity contribution in [1.29, 1.82) is 0 Å². The molecule has 96 valence electrons. The van der Waals surface area contributed by atoms with Crippen LogP contribution in [0, 0.1) is 5.82 Å². The number of aliphatic hydroxyl groups excluding tert-OH is 1. The Morgan fingerprint density at radius 3 is 2.84 bits per heavy atom. The van der Waals surface area contributed by atoms with Gasteiger partial charge in [0.25, 0.3) is 0 Å². The van der Waals surface area contributed by atoms with E-state index in [9.17, 15) is 9.50 Å². The van der Waals surface area contributed by atoms with E-state index < -0.39 is 11.9 Å². The van der Waals surface area contributed by atoms with Crippen LogP contribution in [0.3, 0.4) is 0 Å². The van der Waals surface area contributed by atoms with Gasteiger partial charge in [-0.05, 0) is 34.1 Å². The Bertz CT molecular complexity index is 741. The van der Waals surface area contributed by atoms with Gasteiger partial charge in [-0.2, -0.15) is 0 Å². The van der Waals surface area contributed by atoms with Crippen molar-refractivity contribution in [1.82, 2.24) is 4.98 Å². The van der Waals surface area contributed by atoms with E-state index in [1.807, 2.05) is 18.2 Å². The quantitative estimate of drug-likeness (QED) is 0.780. The highest BCUT2D eigenvalue weighted by molar-refractivity contribution is 9.10. The molecule has 0 aliphatic carbocycles. The summed E-state index contributed by atoms with van der Waals surface area (Å²) < 4.78 is 19.5. The van der Waals surface area contributed by atoms with Crippen molar-refractivity contribution in [3.05, 3.63) is 64.3 Å². The van der Waals surface area contributed by atoms with Crippen LogP contribution in [-0.2, 0) is 0 Å². The summed E-state index contributed by atoms with van der Waals surface area (Å²) in [6.07, 6.45) is 1.46. The van der Waals surface area contributed by atoms with Crippen molar-refractivity contribution in [2.75, 3.05) is 0 Å². The highest BCUT2D eigenvalue weighted by Crippen LogP contribution is 2.31. The minimum absolute atomic E-state index is 0.356. The summed E-state index contributed by atoms with van der Waals surface area (Å²) in [6.45, 7) is 0. The lowest BCUT2D eigenvalue weighted by molar-refractivity contribution is 0.191. The molecule has 2 aromatic heterocycles. The van der Waals surface area contributed by atoms with Gasteiger partial charge in [0.1, 0.15) is 23.3 Å². The van der Waals surface area contributed by atoms with E-state index in [1.54, 1.807) is 6.07 Å². The zero-order valence-electron chi connectivity index (χ0n) is 9.68. The van der Waals surface area contributed by atoms with Crippen LogP contribution >= 0.6 is 15.9 Å². The van der Waals surface area contributed by atoms with E-state index >= 15 is 0 Å². The summed E-state index contributed by atoms with van der Waals surface area (Å²) in [5.74, 6) is -0.136. The monoisotopic (exact) mass is 321 g/mol. The van der Waals surface area contributed by atoms with E-state index in [2.05, 4.69) is 20.9 Å². The van der Waals surface area contributed by atoms with Gasteiger partial charge in [-0.3, -0.25) is 4.98 Å². The molecule has 0 aliphatic heterocycles. The summed E-state index contributed by atoms with van der Waals surface area (Å²) in [5.41, 5.74) is 1.01. The maximum absolute atomic E-state index is 13.1. The average Bonchev–Trinajstić information content (AvgIpc) is 2.83. The summed E-state index contributed by atoms with van der Waals surface area (Å²) in [4.78, 5) is 3.72. The molecule has 0 saturated heterocycles. The number of hydrogen-bond donors (Lipinski definition) is 1. The normalized spacial score (nSPS) is 12.8. The first kappa shape index (κ1) is 12.3. The topological polar surface area (TPSA) is 46.3 Å². The van der Waals surface area contributed by atoms with Crippen molar-refractivity contribution < 1.29 is 13.9 Å². The molecular weight excluding hydrogens is 313 g/mol. The maximum atomic E-state index is 13.1. The summed E-state index contributed by atoms with van der Waals surface area (Å²) in [7, 11) is 0. The third-order valence-corrected chi connectivity index (χ3v) is 3.45. The largest absolute Gasteiger partial charge is 0.457 e. The molecule has 3 nitrogen and oxygen atoms in total. The Labute approximate surface area is 116 Å². The van der Waals surface area contributed by atoms with E-state index in [0.29, 0.717) is 16.9 Å². The SMILES string of the molecule is OC(c1cncc(F)c1)c1cc2cccc(Br)c2o1. The second-order valence-electron chi connectivity index (χ2n) is 4.15. The van der Waals surface area contributed by atoms with Gasteiger partial charge in [0.05, 0.1) is 10.7 Å². The molecule has 0 amide bonds. The molecule has 1 unspecified atom stereocenters. The molecule has 1 atom stereocenters. The minimum atomic E-state index is -1.04. The number of fused-ring (bicyclic) bond motifs is 1. The van der Waals surface area contributed by atoms with Crippen molar-refractivity contribution in [3.8, 4) is 0 Å². The van der Waals surface area contributed by atoms with Crippen LogP contribution in [0.2, 0.25) is 0 Å². The van der Waals surface area contributed by atoms with Crippen LogP contribution in [0.4, 0.5) is 4.39 Å². The van der Waals surface area contributed by atoms with Crippen LogP contribution < -0.4 is 0 Å². The number of hydrogen-bond acceptors (Lipinski definition) is 3. The molecule has 19 heavy (non-hydrogen) atoms. The van der Waals surface area contributed by atoms with Gasteiger partial charge < -0.3 is 9.52 Å². The van der Waals surface area contributed by atoms with Gasteiger partial charge in [0.2, 0.25) is 0 Å². The molecule has 0 spiro atoms. The van der Waals surface area contributed by atoms with Crippen LogP contribution in [0.5, 0.6) is 0 Å². The minimum Gasteiger partial charge on any atom is -0.457 e. The van der Waals surface area contributed by atoms with Gasteiger partial charge >= 0.3 is 0 Å². The number of para-hydroxylation sites is 1. The number of pyridine rings is 1. The molecule has 0 fully saturated rings. The number of aromatic nitrogens is 1. The van der Waals surface area contributed by atoms with Gasteiger partial charge in [-0.15, -0.1) is 0 Å². The third-order valence-electron chi connectivity index (χ3n) is 2.83. The number of furan rings is 1. The Kier molecular flexibility index (Phi) is 3.08. The maximum Gasteiger partial charge on any atom is 0.148 e.